The van der Waals surface area contributed by atoms with Crippen LogP contribution >= 0.6 is 11.6 Å². The summed E-state index contributed by atoms with van der Waals surface area (Å²) >= 11 is 5.97. The summed E-state index contributed by atoms with van der Waals surface area (Å²) in [5, 5.41) is 20.9. The molecular formula is C14H17ClN6O2. The number of carbonyl (C=O) groups is 1. The van der Waals surface area contributed by atoms with Crippen LogP contribution in [0.4, 0.5) is 10.5 Å². The number of halogens is 1. The normalized spacial score (nSPS) is 14.9. The molecule has 23 heavy (non-hydrogen) atoms. The highest BCUT2D eigenvalue weighted by Crippen LogP contribution is 2.29. The minimum absolute atomic E-state index is 0.0223. The monoisotopic (exact) mass is 336 g/mol. The van der Waals surface area contributed by atoms with Crippen LogP contribution in [0.15, 0.2) is 18.5 Å². The van der Waals surface area contributed by atoms with Crippen molar-refractivity contribution in [3.05, 3.63) is 23.6 Å². The highest BCUT2D eigenvalue weighted by molar-refractivity contribution is 6.29. The van der Waals surface area contributed by atoms with Gasteiger partial charge in [-0.1, -0.05) is 16.8 Å². The Balaban J connectivity index is 1.82. The summed E-state index contributed by atoms with van der Waals surface area (Å²) in [6.45, 7) is 4.91. The van der Waals surface area contributed by atoms with Crippen molar-refractivity contribution < 1.29 is 9.90 Å². The summed E-state index contributed by atoms with van der Waals surface area (Å²) in [4.78, 5) is 16.3. The smallest absolute Gasteiger partial charge is 0.407 e. The lowest BCUT2D eigenvalue weighted by Crippen LogP contribution is -2.50. The Kier molecular flexibility index (Phi) is 4.08. The van der Waals surface area contributed by atoms with Gasteiger partial charge in [-0.2, -0.15) is 0 Å². The van der Waals surface area contributed by atoms with Crippen molar-refractivity contribution in [3.63, 3.8) is 0 Å². The van der Waals surface area contributed by atoms with Crippen LogP contribution in [-0.4, -0.2) is 55.2 Å². The molecule has 1 fully saturated rings. The van der Waals surface area contributed by atoms with E-state index in [1.54, 1.807) is 23.1 Å². The van der Waals surface area contributed by atoms with Gasteiger partial charge in [0.1, 0.15) is 10.8 Å². The zero-order valence-corrected chi connectivity index (χ0v) is 13.5. The van der Waals surface area contributed by atoms with E-state index in [2.05, 4.69) is 20.6 Å². The van der Waals surface area contributed by atoms with Gasteiger partial charge >= 0.3 is 6.09 Å². The van der Waals surface area contributed by atoms with Gasteiger partial charge in [-0.25, -0.2) is 14.5 Å². The topological polar surface area (TPSA) is 96.2 Å². The molecule has 3 heterocycles. The van der Waals surface area contributed by atoms with Gasteiger partial charge in [-0.05, 0) is 19.9 Å². The third-order valence-corrected chi connectivity index (χ3v) is 3.81. The number of carboxylic acid groups (broad SMARTS) is 1. The molecule has 1 saturated heterocycles. The average molecular weight is 337 g/mol. The van der Waals surface area contributed by atoms with E-state index in [1.165, 1.54) is 4.90 Å². The molecule has 0 unspecified atom stereocenters. The maximum Gasteiger partial charge on any atom is 0.407 e. The predicted octanol–water partition coefficient (Wildman–Crippen LogP) is 2.35. The molecule has 2 aromatic heterocycles. The first kappa shape index (κ1) is 15.5. The molecular weight excluding hydrogens is 320 g/mol. The van der Waals surface area contributed by atoms with Crippen molar-refractivity contribution in [2.24, 2.45) is 0 Å². The lowest BCUT2D eigenvalue weighted by Gasteiger charge is -2.36. The van der Waals surface area contributed by atoms with Gasteiger partial charge in [0.25, 0.3) is 0 Å². The molecule has 0 atom stereocenters. The molecule has 0 aliphatic carbocycles. The van der Waals surface area contributed by atoms with Gasteiger partial charge in [-0.15, -0.1) is 5.10 Å². The molecule has 9 heteroatoms. The second-order valence-electron chi connectivity index (χ2n) is 5.78. The predicted molar refractivity (Wildman–Crippen MR) is 85.7 cm³/mol. The van der Waals surface area contributed by atoms with Crippen molar-refractivity contribution in [1.82, 2.24) is 24.9 Å². The first-order chi connectivity index (χ1) is 10.9. The number of likely N-dealkylation sites (tertiary alicyclic amines) is 1. The molecule has 1 aliphatic heterocycles. The summed E-state index contributed by atoms with van der Waals surface area (Å²) in [6, 6.07) is 2.01. The van der Waals surface area contributed by atoms with Gasteiger partial charge in [0.15, 0.2) is 0 Å². The standard InChI is InChI=1S/C14H17ClN6O2/c1-8(2)17-11-3-13(15)16-4-10(11)12-7-21(19-18-12)9-5-20(6-9)14(22)23/h3-4,7-9H,5-6H2,1-2H3,(H,16,17)(H,22,23). The quantitative estimate of drug-likeness (QED) is 0.832. The third-order valence-electron chi connectivity index (χ3n) is 3.61. The number of amides is 1. The largest absolute Gasteiger partial charge is 0.465 e. The van der Waals surface area contributed by atoms with Crippen LogP contribution in [0.3, 0.4) is 0 Å². The number of nitrogens with one attached hydrogen (secondary N) is 1. The lowest BCUT2D eigenvalue weighted by atomic mass is 10.1. The van der Waals surface area contributed by atoms with Crippen molar-refractivity contribution in [1.29, 1.82) is 0 Å². The van der Waals surface area contributed by atoms with Gasteiger partial charge < -0.3 is 15.3 Å². The van der Waals surface area contributed by atoms with Gasteiger partial charge in [0.2, 0.25) is 0 Å². The van der Waals surface area contributed by atoms with Gasteiger partial charge in [0, 0.05) is 36.6 Å². The number of hydrogen-bond acceptors (Lipinski definition) is 5. The Morgan fingerprint density at radius 2 is 2.22 bits per heavy atom. The van der Waals surface area contributed by atoms with Crippen molar-refractivity contribution >= 4 is 23.4 Å². The van der Waals surface area contributed by atoms with Crippen LogP contribution in [-0.2, 0) is 0 Å². The van der Waals surface area contributed by atoms with E-state index < -0.39 is 6.09 Å². The number of aromatic nitrogens is 4. The number of pyridine rings is 1. The maximum absolute atomic E-state index is 10.8. The second-order valence-corrected chi connectivity index (χ2v) is 6.16. The number of nitrogens with zero attached hydrogens (tertiary/aromatic N) is 5. The summed E-state index contributed by atoms with van der Waals surface area (Å²) < 4.78 is 1.70. The first-order valence-corrected chi connectivity index (χ1v) is 7.64. The molecule has 2 N–H and O–H groups in total. The zero-order chi connectivity index (χ0) is 16.6. The van der Waals surface area contributed by atoms with E-state index in [1.807, 2.05) is 13.8 Å². The second kappa shape index (κ2) is 6.04. The average Bonchev–Trinajstić information content (AvgIpc) is 2.85. The van der Waals surface area contributed by atoms with Crippen molar-refractivity contribution in [2.45, 2.75) is 25.9 Å². The van der Waals surface area contributed by atoms with Crippen molar-refractivity contribution in [3.8, 4) is 11.3 Å². The lowest BCUT2D eigenvalue weighted by molar-refractivity contribution is 0.0805. The van der Waals surface area contributed by atoms with E-state index >= 15 is 0 Å². The number of hydrogen-bond donors (Lipinski definition) is 2. The molecule has 1 amide bonds. The van der Waals surface area contributed by atoms with E-state index in [9.17, 15) is 4.79 Å². The van der Waals surface area contributed by atoms with E-state index in [0.717, 1.165) is 11.3 Å². The molecule has 0 spiro atoms. The fourth-order valence-corrected chi connectivity index (χ4v) is 2.58. The van der Waals surface area contributed by atoms with Crippen LogP contribution in [0, 0.1) is 0 Å². The highest BCUT2D eigenvalue weighted by atomic mass is 35.5. The molecule has 0 aromatic carbocycles. The molecule has 122 valence electrons. The Hall–Kier alpha value is -2.35. The van der Waals surface area contributed by atoms with Crippen molar-refractivity contribution in [2.75, 3.05) is 18.4 Å². The summed E-state index contributed by atoms with van der Waals surface area (Å²) in [7, 11) is 0. The van der Waals surface area contributed by atoms with E-state index in [-0.39, 0.29) is 12.1 Å². The molecule has 8 nitrogen and oxygen atoms in total. The number of rotatable bonds is 4. The minimum atomic E-state index is -0.910. The SMILES string of the molecule is CC(C)Nc1cc(Cl)ncc1-c1cn(C2CN(C(=O)O)C2)nn1. The Morgan fingerprint density at radius 3 is 2.87 bits per heavy atom. The number of anilines is 1. The Bertz CT molecular complexity index is 726. The Labute approximate surface area is 138 Å². The molecule has 0 saturated carbocycles. The molecule has 1 aliphatic rings. The van der Waals surface area contributed by atoms with Crippen LogP contribution in [0.2, 0.25) is 5.15 Å². The molecule has 0 bridgehead atoms. The Morgan fingerprint density at radius 1 is 1.48 bits per heavy atom. The fourth-order valence-electron chi connectivity index (χ4n) is 2.42. The van der Waals surface area contributed by atoms with Crippen LogP contribution in [0.25, 0.3) is 11.3 Å². The van der Waals surface area contributed by atoms with Gasteiger partial charge in [0.05, 0.1) is 12.2 Å². The van der Waals surface area contributed by atoms with Crippen LogP contribution in [0.5, 0.6) is 0 Å². The van der Waals surface area contributed by atoms with E-state index in [4.69, 9.17) is 16.7 Å². The highest BCUT2D eigenvalue weighted by Gasteiger charge is 2.32. The molecule has 3 rings (SSSR count). The summed E-state index contributed by atoms with van der Waals surface area (Å²) in [5.74, 6) is 0. The minimum Gasteiger partial charge on any atom is -0.465 e. The zero-order valence-electron chi connectivity index (χ0n) is 12.8. The van der Waals surface area contributed by atoms with Crippen LogP contribution < -0.4 is 5.32 Å². The molecule has 0 radical (unpaired) electrons. The van der Waals surface area contributed by atoms with Crippen LogP contribution in [0.1, 0.15) is 19.9 Å². The molecule has 2 aromatic rings. The maximum atomic E-state index is 10.8. The van der Waals surface area contributed by atoms with Gasteiger partial charge in [-0.3, -0.25) is 0 Å². The summed E-state index contributed by atoms with van der Waals surface area (Å²) in [6.07, 6.45) is 2.55. The fraction of sp³-hybridized carbons (Fsp3) is 0.429. The summed E-state index contributed by atoms with van der Waals surface area (Å²) in [5.41, 5.74) is 2.32. The third kappa shape index (κ3) is 3.21. The van der Waals surface area contributed by atoms with E-state index in [0.29, 0.717) is 23.9 Å². The first-order valence-electron chi connectivity index (χ1n) is 7.26.